The summed E-state index contributed by atoms with van der Waals surface area (Å²) in [7, 11) is 0. The molecule has 2 rings (SSSR count). The van der Waals surface area contributed by atoms with Crippen molar-refractivity contribution in [3.05, 3.63) is 35.9 Å². The molecule has 0 spiro atoms. The van der Waals surface area contributed by atoms with Crippen molar-refractivity contribution in [2.24, 2.45) is 11.5 Å². The topological polar surface area (TPSA) is 89.4 Å². The van der Waals surface area contributed by atoms with Crippen molar-refractivity contribution in [2.75, 3.05) is 13.1 Å². The molecule has 2 amide bonds. The molecule has 0 saturated carbocycles. The van der Waals surface area contributed by atoms with Crippen LogP contribution < -0.4 is 11.5 Å². The number of likely N-dealkylation sites (tertiary alicyclic amines) is 1. The highest BCUT2D eigenvalue weighted by molar-refractivity contribution is 5.87. The molecule has 1 saturated heterocycles. The van der Waals surface area contributed by atoms with Gasteiger partial charge in [-0.15, -0.1) is 0 Å². The van der Waals surface area contributed by atoms with Gasteiger partial charge in [0.05, 0.1) is 12.5 Å². The number of nitrogens with zero attached hydrogens (tertiary/aromatic N) is 1. The SMILES string of the molecule is NC(=O)CC(N)C(=O)N1CCC(c2ccccc2)C1. The van der Waals surface area contributed by atoms with E-state index < -0.39 is 11.9 Å². The molecule has 1 aromatic carbocycles. The number of primary amides is 1. The van der Waals surface area contributed by atoms with Crippen molar-refractivity contribution in [1.29, 1.82) is 0 Å². The molecule has 0 radical (unpaired) electrons. The van der Waals surface area contributed by atoms with Crippen molar-refractivity contribution in [3.8, 4) is 0 Å². The van der Waals surface area contributed by atoms with Gasteiger partial charge in [-0.3, -0.25) is 9.59 Å². The molecule has 1 aliphatic rings. The van der Waals surface area contributed by atoms with Gasteiger partial charge in [-0.25, -0.2) is 0 Å². The highest BCUT2D eigenvalue weighted by Crippen LogP contribution is 2.27. The van der Waals surface area contributed by atoms with E-state index >= 15 is 0 Å². The third-order valence-electron chi connectivity index (χ3n) is 3.51. The second-order valence-corrected chi connectivity index (χ2v) is 4.96. The normalized spacial score (nSPS) is 20.3. The third kappa shape index (κ3) is 3.32. The Morgan fingerprint density at radius 3 is 2.63 bits per heavy atom. The van der Waals surface area contributed by atoms with Crippen LogP contribution >= 0.6 is 0 Å². The van der Waals surface area contributed by atoms with Crippen LogP contribution in [0, 0.1) is 0 Å². The molecular formula is C14H19N3O2. The highest BCUT2D eigenvalue weighted by atomic mass is 16.2. The summed E-state index contributed by atoms with van der Waals surface area (Å²) < 4.78 is 0. The van der Waals surface area contributed by atoms with E-state index in [-0.39, 0.29) is 12.3 Å². The lowest BCUT2D eigenvalue weighted by Crippen LogP contribution is -2.44. The van der Waals surface area contributed by atoms with Gasteiger partial charge in [0.25, 0.3) is 0 Å². The van der Waals surface area contributed by atoms with E-state index in [1.165, 1.54) is 5.56 Å². The van der Waals surface area contributed by atoms with Gasteiger partial charge in [0.15, 0.2) is 0 Å². The molecule has 4 N–H and O–H groups in total. The minimum atomic E-state index is -0.813. The van der Waals surface area contributed by atoms with Crippen molar-refractivity contribution in [3.63, 3.8) is 0 Å². The second kappa shape index (κ2) is 5.84. The largest absolute Gasteiger partial charge is 0.370 e. The lowest BCUT2D eigenvalue weighted by atomic mass is 9.99. The minimum absolute atomic E-state index is 0.0919. The molecule has 1 fully saturated rings. The maximum absolute atomic E-state index is 12.1. The Morgan fingerprint density at radius 2 is 2.00 bits per heavy atom. The van der Waals surface area contributed by atoms with E-state index in [4.69, 9.17) is 11.5 Å². The quantitative estimate of drug-likeness (QED) is 0.811. The minimum Gasteiger partial charge on any atom is -0.370 e. The molecule has 2 unspecified atom stereocenters. The second-order valence-electron chi connectivity index (χ2n) is 4.96. The molecule has 19 heavy (non-hydrogen) atoms. The maximum Gasteiger partial charge on any atom is 0.240 e. The summed E-state index contributed by atoms with van der Waals surface area (Å²) >= 11 is 0. The monoisotopic (exact) mass is 261 g/mol. The van der Waals surface area contributed by atoms with E-state index in [9.17, 15) is 9.59 Å². The molecule has 0 aromatic heterocycles. The molecule has 5 heteroatoms. The standard InChI is InChI=1S/C14H19N3O2/c15-12(8-13(16)18)14(19)17-7-6-11(9-17)10-4-2-1-3-5-10/h1-5,11-12H,6-9,15H2,(H2,16,18). The average molecular weight is 261 g/mol. The van der Waals surface area contributed by atoms with Crippen LogP contribution in [-0.2, 0) is 9.59 Å². The van der Waals surface area contributed by atoms with Crippen LogP contribution in [-0.4, -0.2) is 35.8 Å². The zero-order valence-electron chi connectivity index (χ0n) is 10.8. The first-order valence-electron chi connectivity index (χ1n) is 6.45. The summed E-state index contributed by atoms with van der Waals surface area (Å²) in [6, 6.07) is 9.30. The zero-order valence-corrected chi connectivity index (χ0v) is 10.8. The van der Waals surface area contributed by atoms with Crippen molar-refractivity contribution < 1.29 is 9.59 Å². The molecule has 2 atom stereocenters. The Kier molecular flexibility index (Phi) is 4.16. The average Bonchev–Trinajstić information content (AvgIpc) is 2.87. The fourth-order valence-corrected chi connectivity index (χ4v) is 2.50. The molecular weight excluding hydrogens is 242 g/mol. The van der Waals surface area contributed by atoms with E-state index in [2.05, 4.69) is 12.1 Å². The number of hydrogen-bond donors (Lipinski definition) is 2. The smallest absolute Gasteiger partial charge is 0.240 e. The fraction of sp³-hybridized carbons (Fsp3) is 0.429. The summed E-state index contributed by atoms with van der Waals surface area (Å²) in [5, 5.41) is 0. The molecule has 1 aliphatic heterocycles. The summed E-state index contributed by atoms with van der Waals surface area (Å²) in [4.78, 5) is 24.6. The summed E-state index contributed by atoms with van der Waals surface area (Å²) in [5.74, 6) is -0.372. The van der Waals surface area contributed by atoms with Gasteiger partial charge in [-0.2, -0.15) is 0 Å². The number of nitrogens with two attached hydrogens (primary N) is 2. The first-order valence-corrected chi connectivity index (χ1v) is 6.45. The molecule has 5 nitrogen and oxygen atoms in total. The predicted molar refractivity (Wildman–Crippen MR) is 72.2 cm³/mol. The van der Waals surface area contributed by atoms with Gasteiger partial charge in [-0.1, -0.05) is 30.3 Å². The number of carbonyl (C=O) groups excluding carboxylic acids is 2. The van der Waals surface area contributed by atoms with Gasteiger partial charge in [0, 0.05) is 19.0 Å². The van der Waals surface area contributed by atoms with Crippen molar-refractivity contribution in [2.45, 2.75) is 24.8 Å². The molecule has 1 heterocycles. The predicted octanol–water partition coefficient (Wildman–Crippen LogP) is 0.205. The van der Waals surface area contributed by atoms with Crippen LogP contribution in [0.15, 0.2) is 30.3 Å². The van der Waals surface area contributed by atoms with Crippen LogP contribution in [0.1, 0.15) is 24.3 Å². The number of carbonyl (C=O) groups is 2. The van der Waals surface area contributed by atoms with Crippen LogP contribution in [0.3, 0.4) is 0 Å². The van der Waals surface area contributed by atoms with E-state index in [0.29, 0.717) is 19.0 Å². The van der Waals surface area contributed by atoms with Gasteiger partial charge in [0.2, 0.25) is 11.8 Å². The number of rotatable bonds is 4. The Hall–Kier alpha value is -1.88. The maximum atomic E-state index is 12.1. The van der Waals surface area contributed by atoms with Gasteiger partial charge in [0.1, 0.15) is 0 Å². The Labute approximate surface area is 112 Å². The number of amides is 2. The van der Waals surface area contributed by atoms with Gasteiger partial charge < -0.3 is 16.4 Å². The Bertz CT molecular complexity index is 461. The number of hydrogen-bond acceptors (Lipinski definition) is 3. The molecule has 0 bridgehead atoms. The van der Waals surface area contributed by atoms with E-state index in [0.717, 1.165) is 6.42 Å². The van der Waals surface area contributed by atoms with Crippen LogP contribution in [0.25, 0.3) is 0 Å². The van der Waals surface area contributed by atoms with E-state index in [1.807, 2.05) is 18.2 Å². The summed E-state index contributed by atoms with van der Waals surface area (Å²) in [6.45, 7) is 1.35. The lowest BCUT2D eigenvalue weighted by Gasteiger charge is -2.20. The summed E-state index contributed by atoms with van der Waals surface area (Å²) in [6.07, 6.45) is 0.838. The Morgan fingerprint density at radius 1 is 1.32 bits per heavy atom. The third-order valence-corrected chi connectivity index (χ3v) is 3.51. The number of benzene rings is 1. The lowest BCUT2D eigenvalue weighted by molar-refractivity contribution is -0.133. The van der Waals surface area contributed by atoms with Crippen LogP contribution in [0.4, 0.5) is 0 Å². The molecule has 0 aliphatic carbocycles. The highest BCUT2D eigenvalue weighted by Gasteiger charge is 2.30. The first-order chi connectivity index (χ1) is 9.08. The first kappa shape index (κ1) is 13.5. The van der Waals surface area contributed by atoms with Crippen molar-refractivity contribution >= 4 is 11.8 Å². The van der Waals surface area contributed by atoms with Crippen LogP contribution in [0.5, 0.6) is 0 Å². The fourth-order valence-electron chi connectivity index (χ4n) is 2.50. The van der Waals surface area contributed by atoms with Crippen LogP contribution in [0.2, 0.25) is 0 Å². The van der Waals surface area contributed by atoms with E-state index in [1.54, 1.807) is 4.90 Å². The molecule has 102 valence electrons. The molecule has 1 aromatic rings. The van der Waals surface area contributed by atoms with Crippen molar-refractivity contribution in [1.82, 2.24) is 4.90 Å². The zero-order chi connectivity index (χ0) is 13.8. The summed E-state index contributed by atoms with van der Waals surface area (Å²) in [5.41, 5.74) is 12.0. The van der Waals surface area contributed by atoms with Gasteiger partial charge >= 0.3 is 0 Å². The Balaban J connectivity index is 1.95. The van der Waals surface area contributed by atoms with Gasteiger partial charge in [-0.05, 0) is 12.0 Å².